The predicted octanol–water partition coefficient (Wildman–Crippen LogP) is 1.82. The van der Waals surface area contributed by atoms with E-state index in [1.165, 1.54) is 12.1 Å². The highest BCUT2D eigenvalue weighted by atomic mass is 32.2. The van der Waals surface area contributed by atoms with Crippen molar-refractivity contribution in [2.75, 3.05) is 6.54 Å². The summed E-state index contributed by atoms with van der Waals surface area (Å²) < 4.78 is 29.5. The van der Waals surface area contributed by atoms with Crippen molar-refractivity contribution in [2.45, 2.75) is 30.9 Å². The van der Waals surface area contributed by atoms with Crippen molar-refractivity contribution in [3.63, 3.8) is 0 Å². The van der Waals surface area contributed by atoms with E-state index in [1.807, 2.05) is 13.8 Å². The van der Waals surface area contributed by atoms with Crippen molar-refractivity contribution in [1.82, 2.24) is 15.5 Å². The molecule has 23 heavy (non-hydrogen) atoms. The van der Waals surface area contributed by atoms with Crippen LogP contribution in [-0.2, 0) is 15.6 Å². The van der Waals surface area contributed by atoms with Gasteiger partial charge >= 0.3 is 11.8 Å². The van der Waals surface area contributed by atoms with Crippen LogP contribution in [0.2, 0.25) is 0 Å². The molecule has 124 valence electrons. The van der Waals surface area contributed by atoms with E-state index in [1.54, 1.807) is 18.2 Å². The maximum atomic E-state index is 12.2. The van der Waals surface area contributed by atoms with Gasteiger partial charge in [-0.3, -0.25) is 4.79 Å². The minimum Gasteiger partial charge on any atom is -0.416 e. The molecule has 2 rings (SSSR count). The Morgan fingerprint density at radius 2 is 1.91 bits per heavy atom. The third-order valence-corrected chi connectivity index (χ3v) is 4.70. The molecule has 1 aromatic carbocycles. The lowest BCUT2D eigenvalue weighted by molar-refractivity contribution is 0.0915. The zero-order valence-electron chi connectivity index (χ0n) is 13.0. The molecule has 0 unspecified atom stereocenters. The Bertz CT molecular complexity index is 754. The zero-order chi connectivity index (χ0) is 16.9. The van der Waals surface area contributed by atoms with E-state index in [9.17, 15) is 13.2 Å². The van der Waals surface area contributed by atoms with Gasteiger partial charge in [-0.15, -0.1) is 10.2 Å². The van der Waals surface area contributed by atoms with Crippen LogP contribution >= 0.6 is 0 Å². The van der Waals surface area contributed by atoms with E-state index in [0.29, 0.717) is 12.5 Å². The predicted molar refractivity (Wildman–Crippen MR) is 83.4 cm³/mol. The summed E-state index contributed by atoms with van der Waals surface area (Å²) in [4.78, 5) is 12.0. The topological polar surface area (TPSA) is 102 Å². The Morgan fingerprint density at radius 3 is 2.57 bits per heavy atom. The highest BCUT2D eigenvalue weighted by molar-refractivity contribution is 7.90. The molecule has 2 aromatic rings. The minimum atomic E-state index is -3.58. The van der Waals surface area contributed by atoms with Crippen LogP contribution in [0.5, 0.6) is 0 Å². The van der Waals surface area contributed by atoms with Crippen molar-refractivity contribution in [1.29, 1.82) is 0 Å². The highest BCUT2D eigenvalue weighted by Crippen LogP contribution is 2.15. The summed E-state index contributed by atoms with van der Waals surface area (Å²) in [6.07, 6.45) is 0.828. The normalized spacial score (nSPS) is 11.6. The molecule has 0 aliphatic rings. The molecule has 0 atom stereocenters. The summed E-state index contributed by atoms with van der Waals surface area (Å²) in [5.41, 5.74) is 0. The molecule has 1 amide bonds. The second kappa shape index (κ2) is 7.36. The van der Waals surface area contributed by atoms with Crippen LogP contribution in [0.1, 0.15) is 36.8 Å². The Kier molecular flexibility index (Phi) is 5.49. The molecule has 0 bridgehead atoms. The van der Waals surface area contributed by atoms with Gasteiger partial charge in [-0.25, -0.2) is 8.42 Å². The van der Waals surface area contributed by atoms with E-state index in [4.69, 9.17) is 4.42 Å². The number of aromatic nitrogens is 2. The van der Waals surface area contributed by atoms with Gasteiger partial charge in [0, 0.05) is 6.54 Å². The first-order valence-electron chi connectivity index (χ1n) is 7.27. The van der Waals surface area contributed by atoms with E-state index in [0.717, 1.165) is 6.42 Å². The van der Waals surface area contributed by atoms with E-state index in [-0.39, 0.29) is 16.7 Å². The summed E-state index contributed by atoms with van der Waals surface area (Å²) >= 11 is 0. The van der Waals surface area contributed by atoms with Gasteiger partial charge in [-0.05, 0) is 24.5 Å². The first kappa shape index (κ1) is 17.1. The number of rotatable bonds is 7. The standard InChI is InChI=1S/C15H19N3O4S/c1-11(2)8-9-16-14(19)15-18-17-13(22-15)10-23(20,21)12-6-4-3-5-7-12/h3-7,11H,8-10H2,1-2H3,(H,16,19). The van der Waals surface area contributed by atoms with Crippen LogP contribution in [0.4, 0.5) is 0 Å². The fourth-order valence-electron chi connectivity index (χ4n) is 1.83. The zero-order valence-corrected chi connectivity index (χ0v) is 13.8. The Morgan fingerprint density at radius 1 is 1.22 bits per heavy atom. The molecule has 1 aromatic heterocycles. The molecule has 0 saturated carbocycles. The van der Waals surface area contributed by atoms with Gasteiger partial charge in [-0.1, -0.05) is 32.0 Å². The van der Waals surface area contributed by atoms with Crippen molar-refractivity contribution in [3.8, 4) is 0 Å². The van der Waals surface area contributed by atoms with E-state index in [2.05, 4.69) is 15.5 Å². The summed E-state index contributed by atoms with van der Waals surface area (Å²) in [5, 5.41) is 9.89. The number of hydrogen-bond donors (Lipinski definition) is 1. The summed E-state index contributed by atoms with van der Waals surface area (Å²) in [7, 11) is -3.58. The van der Waals surface area contributed by atoms with E-state index < -0.39 is 21.5 Å². The van der Waals surface area contributed by atoms with Gasteiger partial charge in [-0.2, -0.15) is 0 Å². The number of nitrogens with one attached hydrogen (secondary N) is 1. The average molecular weight is 337 g/mol. The number of hydrogen-bond acceptors (Lipinski definition) is 6. The van der Waals surface area contributed by atoms with Crippen LogP contribution in [0.25, 0.3) is 0 Å². The quantitative estimate of drug-likeness (QED) is 0.827. The Hall–Kier alpha value is -2.22. The fourth-order valence-corrected chi connectivity index (χ4v) is 3.01. The van der Waals surface area contributed by atoms with Crippen LogP contribution < -0.4 is 5.32 Å². The monoisotopic (exact) mass is 337 g/mol. The van der Waals surface area contributed by atoms with Gasteiger partial charge in [0.05, 0.1) is 4.90 Å². The Balaban J connectivity index is 2.01. The molecule has 1 N–H and O–H groups in total. The van der Waals surface area contributed by atoms with Gasteiger partial charge in [0.25, 0.3) is 0 Å². The maximum absolute atomic E-state index is 12.2. The SMILES string of the molecule is CC(C)CCNC(=O)c1nnc(CS(=O)(=O)c2ccccc2)o1. The molecule has 7 nitrogen and oxygen atoms in total. The van der Waals surface area contributed by atoms with Crippen molar-refractivity contribution < 1.29 is 17.6 Å². The largest absolute Gasteiger partial charge is 0.416 e. The highest BCUT2D eigenvalue weighted by Gasteiger charge is 2.21. The van der Waals surface area contributed by atoms with Crippen LogP contribution in [0.3, 0.4) is 0 Å². The number of carbonyl (C=O) groups excluding carboxylic acids is 1. The number of sulfone groups is 1. The van der Waals surface area contributed by atoms with Crippen molar-refractivity contribution in [3.05, 3.63) is 42.1 Å². The fraction of sp³-hybridized carbons (Fsp3) is 0.400. The van der Waals surface area contributed by atoms with E-state index >= 15 is 0 Å². The smallest absolute Gasteiger partial charge is 0.308 e. The number of amides is 1. The van der Waals surface area contributed by atoms with Crippen LogP contribution in [0, 0.1) is 5.92 Å². The molecule has 0 aliphatic carbocycles. The Labute approximate surface area is 135 Å². The second-order valence-corrected chi connectivity index (χ2v) is 7.50. The van der Waals surface area contributed by atoms with Gasteiger partial charge < -0.3 is 9.73 Å². The van der Waals surface area contributed by atoms with Crippen LogP contribution in [0.15, 0.2) is 39.6 Å². The third kappa shape index (κ3) is 4.88. The van der Waals surface area contributed by atoms with Gasteiger partial charge in [0.15, 0.2) is 9.84 Å². The number of benzene rings is 1. The van der Waals surface area contributed by atoms with Crippen molar-refractivity contribution in [2.24, 2.45) is 5.92 Å². The first-order chi connectivity index (χ1) is 10.9. The lowest BCUT2D eigenvalue weighted by Crippen LogP contribution is -2.25. The molecule has 0 saturated heterocycles. The average Bonchev–Trinajstić information content (AvgIpc) is 2.95. The molecule has 0 aliphatic heterocycles. The molecular weight excluding hydrogens is 318 g/mol. The van der Waals surface area contributed by atoms with Crippen LogP contribution in [-0.4, -0.2) is 31.1 Å². The maximum Gasteiger partial charge on any atom is 0.308 e. The molecule has 0 fully saturated rings. The first-order valence-corrected chi connectivity index (χ1v) is 8.92. The van der Waals surface area contributed by atoms with Gasteiger partial charge in [0.2, 0.25) is 5.89 Å². The second-order valence-electron chi connectivity index (χ2n) is 5.51. The number of carbonyl (C=O) groups is 1. The molecule has 1 heterocycles. The van der Waals surface area contributed by atoms with Crippen molar-refractivity contribution >= 4 is 15.7 Å². The van der Waals surface area contributed by atoms with Gasteiger partial charge in [0.1, 0.15) is 5.75 Å². The molecule has 0 radical (unpaired) electrons. The molecule has 8 heteroatoms. The summed E-state index contributed by atoms with van der Waals surface area (Å²) in [5.74, 6) is -0.815. The summed E-state index contributed by atoms with van der Waals surface area (Å²) in [6.45, 7) is 4.59. The summed E-state index contributed by atoms with van der Waals surface area (Å²) in [6, 6.07) is 7.98. The molecular formula is C15H19N3O4S. The lowest BCUT2D eigenvalue weighted by Gasteiger charge is -2.04. The number of nitrogens with zero attached hydrogens (tertiary/aromatic N) is 2. The minimum absolute atomic E-state index is 0.108. The molecule has 0 spiro atoms. The third-order valence-electron chi connectivity index (χ3n) is 3.08. The lowest BCUT2D eigenvalue weighted by atomic mass is 10.1.